The third-order valence-corrected chi connectivity index (χ3v) is 1.19. The Morgan fingerprint density at radius 3 is 2.54 bits per heavy atom. The minimum absolute atomic E-state index is 0.0438. The second kappa shape index (κ2) is 4.10. The summed E-state index contributed by atoms with van der Waals surface area (Å²) in [4.78, 5) is 29.1. The predicted molar refractivity (Wildman–Crippen MR) is 44.7 cm³/mol. The molecule has 5 nitrogen and oxygen atoms in total. The molecule has 0 unspecified atom stereocenters. The molecule has 0 radical (unpaired) electrons. The van der Waals surface area contributed by atoms with Crippen molar-refractivity contribution in [1.29, 1.82) is 0 Å². The summed E-state index contributed by atoms with van der Waals surface area (Å²) in [5, 5.41) is 2.02. The van der Waals surface area contributed by atoms with E-state index in [4.69, 9.17) is 0 Å². The van der Waals surface area contributed by atoms with Gasteiger partial charge in [-0.3, -0.25) is 14.9 Å². The maximum atomic E-state index is 11.1. The normalized spacial score (nSPS) is 8.92. The Morgan fingerprint density at radius 2 is 2.00 bits per heavy atom. The van der Waals surface area contributed by atoms with Crippen LogP contribution in [0.3, 0.4) is 0 Å². The van der Waals surface area contributed by atoms with Crippen LogP contribution in [0.1, 0.15) is 10.6 Å². The monoisotopic (exact) mass is 177 g/mol. The van der Waals surface area contributed by atoms with Crippen LogP contribution in [0.4, 0.5) is 0 Å². The van der Waals surface area contributed by atoms with Crippen LogP contribution in [-0.4, -0.2) is 21.8 Å². The summed E-state index contributed by atoms with van der Waals surface area (Å²) < 4.78 is 0. The second-order valence-corrected chi connectivity index (χ2v) is 2.09. The summed E-state index contributed by atoms with van der Waals surface area (Å²) >= 11 is 0. The topological polar surface area (TPSA) is 72.0 Å². The number of amides is 2. The molecule has 0 saturated carbocycles. The van der Waals surface area contributed by atoms with E-state index in [2.05, 4.69) is 16.5 Å². The maximum Gasteiger partial charge on any atom is 0.295 e. The standard InChI is InChI=1S/C8H7N3O2/c1-2-6(12)11-8(13)7-9-4-3-5-10-7/h2-5H,1H2,(H,11,12,13). The minimum atomic E-state index is -0.634. The summed E-state index contributed by atoms with van der Waals surface area (Å²) in [6.07, 6.45) is 3.83. The summed E-state index contributed by atoms with van der Waals surface area (Å²) in [5.74, 6) is -1.25. The van der Waals surface area contributed by atoms with Crippen molar-refractivity contribution in [1.82, 2.24) is 15.3 Å². The lowest BCUT2D eigenvalue weighted by atomic mass is 10.5. The summed E-state index contributed by atoms with van der Waals surface area (Å²) in [5.41, 5.74) is 0. The lowest BCUT2D eigenvalue weighted by Crippen LogP contribution is -2.30. The van der Waals surface area contributed by atoms with Gasteiger partial charge in [0.25, 0.3) is 5.91 Å². The van der Waals surface area contributed by atoms with Crippen molar-refractivity contribution in [3.63, 3.8) is 0 Å². The molecule has 0 aromatic carbocycles. The van der Waals surface area contributed by atoms with Crippen LogP contribution in [0.25, 0.3) is 0 Å². The van der Waals surface area contributed by atoms with Crippen molar-refractivity contribution in [2.24, 2.45) is 0 Å². The average Bonchev–Trinajstić information content (AvgIpc) is 2.19. The quantitative estimate of drug-likeness (QED) is 0.641. The van der Waals surface area contributed by atoms with Crippen LogP contribution >= 0.6 is 0 Å². The molecule has 0 fully saturated rings. The Hall–Kier alpha value is -2.04. The van der Waals surface area contributed by atoms with Crippen LogP contribution in [0.5, 0.6) is 0 Å². The van der Waals surface area contributed by atoms with E-state index in [-0.39, 0.29) is 5.82 Å². The molecule has 0 aliphatic rings. The first-order valence-electron chi connectivity index (χ1n) is 3.49. The fourth-order valence-corrected chi connectivity index (χ4v) is 0.635. The van der Waals surface area contributed by atoms with Gasteiger partial charge in [-0.1, -0.05) is 6.58 Å². The zero-order valence-electron chi connectivity index (χ0n) is 6.73. The number of carbonyl (C=O) groups excluding carboxylic acids is 2. The van der Waals surface area contributed by atoms with Crippen molar-refractivity contribution >= 4 is 11.8 Å². The Morgan fingerprint density at radius 1 is 1.38 bits per heavy atom. The number of rotatable bonds is 2. The molecule has 13 heavy (non-hydrogen) atoms. The van der Waals surface area contributed by atoms with Crippen LogP contribution in [-0.2, 0) is 4.79 Å². The van der Waals surface area contributed by atoms with Crippen LogP contribution in [0.2, 0.25) is 0 Å². The zero-order chi connectivity index (χ0) is 9.68. The number of aromatic nitrogens is 2. The zero-order valence-corrected chi connectivity index (χ0v) is 6.73. The van der Waals surface area contributed by atoms with Crippen LogP contribution in [0.15, 0.2) is 31.1 Å². The Kier molecular flexibility index (Phi) is 2.86. The van der Waals surface area contributed by atoms with E-state index in [1.807, 2.05) is 5.32 Å². The number of nitrogens with zero attached hydrogens (tertiary/aromatic N) is 2. The second-order valence-electron chi connectivity index (χ2n) is 2.09. The fourth-order valence-electron chi connectivity index (χ4n) is 0.635. The highest BCUT2D eigenvalue weighted by molar-refractivity contribution is 6.06. The van der Waals surface area contributed by atoms with E-state index in [0.29, 0.717) is 0 Å². The Balaban J connectivity index is 2.70. The van der Waals surface area contributed by atoms with Gasteiger partial charge in [0.05, 0.1) is 0 Å². The minimum Gasteiger partial charge on any atom is -0.286 e. The van der Waals surface area contributed by atoms with Gasteiger partial charge in [0, 0.05) is 12.4 Å². The Bertz CT molecular complexity index is 335. The molecule has 1 N–H and O–H groups in total. The van der Waals surface area contributed by atoms with E-state index in [9.17, 15) is 9.59 Å². The third-order valence-electron chi connectivity index (χ3n) is 1.19. The lowest BCUT2D eigenvalue weighted by Gasteiger charge is -1.97. The van der Waals surface area contributed by atoms with Gasteiger partial charge in [-0.25, -0.2) is 9.97 Å². The molecule has 1 aromatic rings. The number of nitrogens with one attached hydrogen (secondary N) is 1. The SMILES string of the molecule is C=CC(=O)NC(=O)c1ncccn1. The van der Waals surface area contributed by atoms with Gasteiger partial charge >= 0.3 is 0 Å². The van der Waals surface area contributed by atoms with Crippen molar-refractivity contribution in [3.8, 4) is 0 Å². The first-order chi connectivity index (χ1) is 6.24. The fraction of sp³-hybridized carbons (Fsp3) is 0. The van der Waals surface area contributed by atoms with Gasteiger partial charge in [0.2, 0.25) is 11.7 Å². The molecule has 0 spiro atoms. The molecule has 5 heteroatoms. The first kappa shape index (κ1) is 9.05. The molecule has 1 rings (SSSR count). The van der Waals surface area contributed by atoms with E-state index < -0.39 is 11.8 Å². The summed E-state index contributed by atoms with van der Waals surface area (Å²) in [7, 11) is 0. The number of hydrogen-bond donors (Lipinski definition) is 1. The number of carbonyl (C=O) groups is 2. The largest absolute Gasteiger partial charge is 0.295 e. The van der Waals surface area contributed by atoms with Gasteiger partial charge in [0.1, 0.15) is 0 Å². The van der Waals surface area contributed by atoms with E-state index in [1.165, 1.54) is 12.4 Å². The molecule has 66 valence electrons. The molecule has 0 bridgehead atoms. The third kappa shape index (κ3) is 2.48. The first-order valence-corrected chi connectivity index (χ1v) is 3.49. The highest BCUT2D eigenvalue weighted by atomic mass is 16.2. The summed E-state index contributed by atoms with van der Waals surface area (Å²) in [6.45, 7) is 3.20. The highest BCUT2D eigenvalue weighted by Gasteiger charge is 2.09. The van der Waals surface area contributed by atoms with E-state index >= 15 is 0 Å². The maximum absolute atomic E-state index is 11.1. The van der Waals surface area contributed by atoms with Crippen molar-refractivity contribution < 1.29 is 9.59 Å². The molecule has 0 saturated heterocycles. The van der Waals surface area contributed by atoms with Gasteiger partial charge in [-0.15, -0.1) is 0 Å². The number of hydrogen-bond acceptors (Lipinski definition) is 4. The average molecular weight is 177 g/mol. The molecule has 0 atom stereocenters. The molecular weight excluding hydrogens is 170 g/mol. The van der Waals surface area contributed by atoms with Gasteiger partial charge < -0.3 is 0 Å². The molecule has 2 amide bonds. The number of imide groups is 1. The smallest absolute Gasteiger partial charge is 0.286 e. The van der Waals surface area contributed by atoms with Gasteiger partial charge in [-0.05, 0) is 12.1 Å². The van der Waals surface area contributed by atoms with Crippen LogP contribution in [0, 0.1) is 0 Å². The molecular formula is C8H7N3O2. The van der Waals surface area contributed by atoms with Crippen LogP contribution < -0.4 is 5.32 Å². The van der Waals surface area contributed by atoms with Gasteiger partial charge in [-0.2, -0.15) is 0 Å². The van der Waals surface area contributed by atoms with E-state index in [1.54, 1.807) is 6.07 Å². The van der Waals surface area contributed by atoms with Crippen molar-refractivity contribution in [2.45, 2.75) is 0 Å². The summed E-state index contributed by atoms with van der Waals surface area (Å²) in [6, 6.07) is 1.58. The lowest BCUT2D eigenvalue weighted by molar-refractivity contribution is -0.115. The molecule has 0 aliphatic carbocycles. The molecule has 1 aromatic heterocycles. The molecule has 0 aliphatic heterocycles. The van der Waals surface area contributed by atoms with E-state index in [0.717, 1.165) is 6.08 Å². The van der Waals surface area contributed by atoms with Crippen molar-refractivity contribution in [2.75, 3.05) is 0 Å². The van der Waals surface area contributed by atoms with Crippen molar-refractivity contribution in [3.05, 3.63) is 36.9 Å². The predicted octanol–water partition coefficient (Wildman–Crippen LogP) is -0.0810. The Labute approximate surface area is 74.5 Å². The van der Waals surface area contributed by atoms with Gasteiger partial charge in [0.15, 0.2) is 0 Å². The molecule has 1 heterocycles. The highest BCUT2D eigenvalue weighted by Crippen LogP contribution is 1.86.